The summed E-state index contributed by atoms with van der Waals surface area (Å²) in [6.45, 7) is 1.10. The van der Waals surface area contributed by atoms with Crippen LogP contribution in [0.1, 0.15) is 51.0 Å². The van der Waals surface area contributed by atoms with E-state index in [1.54, 1.807) is 31.2 Å². The fraction of sp³-hybridized carbons (Fsp3) is 0.462. The molecule has 208 valence electrons. The first-order chi connectivity index (χ1) is 17.9. The van der Waals surface area contributed by atoms with Crippen LogP contribution in [0.2, 0.25) is 20.1 Å². The highest BCUT2D eigenvalue weighted by atomic mass is 35.5. The van der Waals surface area contributed by atoms with Crippen LogP contribution < -0.4 is 9.62 Å². The largest absolute Gasteiger partial charge is 0.352 e. The molecule has 1 fully saturated rings. The van der Waals surface area contributed by atoms with Crippen molar-refractivity contribution in [1.29, 1.82) is 0 Å². The second-order valence-corrected chi connectivity index (χ2v) is 12.8. The predicted molar refractivity (Wildman–Crippen MR) is 155 cm³/mol. The third-order valence-corrected chi connectivity index (χ3v) is 9.25. The van der Waals surface area contributed by atoms with Gasteiger partial charge in [-0.2, -0.15) is 0 Å². The van der Waals surface area contributed by atoms with Crippen LogP contribution in [0, 0.1) is 0 Å². The number of hydrogen-bond acceptors (Lipinski definition) is 4. The molecule has 1 unspecified atom stereocenters. The molecule has 0 saturated heterocycles. The second-order valence-electron chi connectivity index (χ2n) is 9.33. The number of carbonyl (C=O) groups excluding carboxylic acids is 2. The van der Waals surface area contributed by atoms with Gasteiger partial charge in [0.05, 0.1) is 22.0 Å². The van der Waals surface area contributed by atoms with Crippen molar-refractivity contribution < 1.29 is 18.0 Å². The van der Waals surface area contributed by atoms with Crippen LogP contribution in [0.5, 0.6) is 0 Å². The number of anilines is 1. The highest BCUT2D eigenvalue weighted by Crippen LogP contribution is 2.34. The molecule has 1 aliphatic carbocycles. The maximum Gasteiger partial charge on any atom is 0.244 e. The molecule has 3 rings (SSSR count). The molecule has 7 nitrogen and oxygen atoms in total. The lowest BCUT2D eigenvalue weighted by Crippen LogP contribution is -2.54. The predicted octanol–water partition coefficient (Wildman–Crippen LogP) is 6.32. The average Bonchev–Trinajstić information content (AvgIpc) is 2.86. The summed E-state index contributed by atoms with van der Waals surface area (Å²) in [4.78, 5) is 28.7. The quantitative estimate of drug-likeness (QED) is 0.336. The summed E-state index contributed by atoms with van der Waals surface area (Å²) in [5.74, 6) is -0.921. The fourth-order valence-electron chi connectivity index (χ4n) is 4.60. The highest BCUT2D eigenvalue weighted by molar-refractivity contribution is 7.92. The average molecular weight is 623 g/mol. The van der Waals surface area contributed by atoms with Gasteiger partial charge in [-0.1, -0.05) is 84.7 Å². The number of sulfonamides is 1. The van der Waals surface area contributed by atoms with Gasteiger partial charge in [-0.25, -0.2) is 8.42 Å². The Morgan fingerprint density at radius 1 is 0.974 bits per heavy atom. The van der Waals surface area contributed by atoms with E-state index < -0.39 is 28.5 Å². The Hall–Kier alpha value is -1.71. The van der Waals surface area contributed by atoms with Crippen LogP contribution >= 0.6 is 46.4 Å². The van der Waals surface area contributed by atoms with Crippen molar-refractivity contribution in [3.8, 4) is 0 Å². The van der Waals surface area contributed by atoms with Crippen molar-refractivity contribution in [2.24, 2.45) is 0 Å². The first kappa shape index (κ1) is 30.8. The number of amides is 2. The minimum atomic E-state index is -3.96. The van der Waals surface area contributed by atoms with Crippen LogP contribution in [-0.2, 0) is 26.2 Å². The Morgan fingerprint density at radius 2 is 1.55 bits per heavy atom. The molecule has 38 heavy (non-hydrogen) atoms. The van der Waals surface area contributed by atoms with Gasteiger partial charge < -0.3 is 10.2 Å². The second kappa shape index (κ2) is 13.6. The van der Waals surface area contributed by atoms with E-state index in [0.717, 1.165) is 42.7 Å². The molecular weight excluding hydrogens is 592 g/mol. The van der Waals surface area contributed by atoms with Gasteiger partial charge in [0.15, 0.2) is 0 Å². The Labute approximate surface area is 244 Å². The van der Waals surface area contributed by atoms with Crippen molar-refractivity contribution >= 4 is 73.9 Å². The van der Waals surface area contributed by atoms with Crippen LogP contribution in [0.4, 0.5) is 5.69 Å². The van der Waals surface area contributed by atoms with Crippen molar-refractivity contribution in [1.82, 2.24) is 10.2 Å². The normalized spacial score (nSPS) is 15.1. The lowest BCUT2D eigenvalue weighted by Gasteiger charge is -2.34. The van der Waals surface area contributed by atoms with Gasteiger partial charge in [0, 0.05) is 28.2 Å². The summed E-state index contributed by atoms with van der Waals surface area (Å²) in [5.41, 5.74) is 0.519. The number of rotatable bonds is 10. The van der Waals surface area contributed by atoms with E-state index in [-0.39, 0.29) is 34.2 Å². The third-order valence-electron chi connectivity index (χ3n) is 6.61. The van der Waals surface area contributed by atoms with Crippen molar-refractivity contribution in [2.45, 2.75) is 64.1 Å². The maximum atomic E-state index is 13.9. The minimum Gasteiger partial charge on any atom is -0.352 e. The van der Waals surface area contributed by atoms with Gasteiger partial charge in [-0.05, 0) is 43.5 Å². The van der Waals surface area contributed by atoms with E-state index in [0.29, 0.717) is 22.0 Å². The Kier molecular flexibility index (Phi) is 11.0. The molecule has 1 aliphatic rings. The first-order valence-electron chi connectivity index (χ1n) is 12.4. The molecule has 0 heterocycles. The van der Waals surface area contributed by atoms with E-state index in [4.69, 9.17) is 46.4 Å². The first-order valence-corrected chi connectivity index (χ1v) is 15.7. The molecule has 0 radical (unpaired) electrons. The van der Waals surface area contributed by atoms with Crippen LogP contribution in [0.3, 0.4) is 0 Å². The van der Waals surface area contributed by atoms with Gasteiger partial charge in [-0.3, -0.25) is 13.9 Å². The zero-order valence-electron chi connectivity index (χ0n) is 21.2. The summed E-state index contributed by atoms with van der Waals surface area (Å²) < 4.78 is 26.5. The highest BCUT2D eigenvalue weighted by Gasteiger charge is 2.34. The molecule has 0 spiro atoms. The molecule has 0 aromatic heterocycles. The number of benzene rings is 2. The molecule has 1 saturated carbocycles. The number of carbonyl (C=O) groups is 2. The summed E-state index contributed by atoms with van der Waals surface area (Å²) in [5, 5.41) is 3.88. The summed E-state index contributed by atoms with van der Waals surface area (Å²) in [7, 11) is -3.96. The van der Waals surface area contributed by atoms with E-state index >= 15 is 0 Å². The zero-order valence-corrected chi connectivity index (χ0v) is 25.1. The van der Waals surface area contributed by atoms with E-state index in [1.807, 2.05) is 0 Å². The molecule has 12 heteroatoms. The van der Waals surface area contributed by atoms with Crippen LogP contribution in [0.15, 0.2) is 36.4 Å². The molecular formula is C26H31Cl4N3O4S. The number of halogens is 4. The Morgan fingerprint density at radius 3 is 2.13 bits per heavy atom. The standard InChI is InChI=1S/C26H31Cl4N3O4S/c1-3-22(26(35)31-17-9-5-4-6-10-17)32(15-18-19(27)11-7-12-20(18)28)24(34)16-33(38(2,36)37)23-14-8-13-21(29)25(23)30/h7-8,11-14,17,22H,3-6,9-10,15-16H2,1-2H3,(H,31,35). The van der Waals surface area contributed by atoms with E-state index in [1.165, 1.54) is 17.0 Å². The summed E-state index contributed by atoms with van der Waals surface area (Å²) >= 11 is 25.3. The minimum absolute atomic E-state index is 0.00447. The van der Waals surface area contributed by atoms with Crippen LogP contribution in [0.25, 0.3) is 0 Å². The molecule has 2 aromatic rings. The molecule has 1 N–H and O–H groups in total. The molecule has 1 atom stereocenters. The zero-order chi connectivity index (χ0) is 28.0. The molecule has 0 bridgehead atoms. The smallest absolute Gasteiger partial charge is 0.244 e. The van der Waals surface area contributed by atoms with Gasteiger partial charge in [0.25, 0.3) is 0 Å². The molecule has 2 aromatic carbocycles. The third kappa shape index (κ3) is 7.69. The molecule has 2 amide bonds. The van der Waals surface area contributed by atoms with Gasteiger partial charge in [0.2, 0.25) is 21.8 Å². The van der Waals surface area contributed by atoms with E-state index in [2.05, 4.69) is 5.32 Å². The van der Waals surface area contributed by atoms with E-state index in [9.17, 15) is 18.0 Å². The Balaban J connectivity index is 1.99. The topological polar surface area (TPSA) is 86.8 Å². The fourth-order valence-corrected chi connectivity index (χ4v) is 6.42. The van der Waals surface area contributed by atoms with Gasteiger partial charge >= 0.3 is 0 Å². The van der Waals surface area contributed by atoms with Crippen molar-refractivity contribution in [3.05, 3.63) is 62.1 Å². The Bertz CT molecular complexity index is 1250. The van der Waals surface area contributed by atoms with Gasteiger partial charge in [-0.15, -0.1) is 0 Å². The lowest BCUT2D eigenvalue weighted by molar-refractivity contribution is -0.140. The van der Waals surface area contributed by atoms with Gasteiger partial charge in [0.1, 0.15) is 12.6 Å². The van der Waals surface area contributed by atoms with Crippen molar-refractivity contribution in [3.63, 3.8) is 0 Å². The number of nitrogens with one attached hydrogen (secondary N) is 1. The monoisotopic (exact) mass is 621 g/mol. The van der Waals surface area contributed by atoms with Crippen LogP contribution in [-0.4, -0.2) is 50.0 Å². The lowest BCUT2D eigenvalue weighted by atomic mass is 9.95. The summed E-state index contributed by atoms with van der Waals surface area (Å²) in [6, 6.07) is 8.64. The maximum absolute atomic E-state index is 13.9. The summed E-state index contributed by atoms with van der Waals surface area (Å²) in [6.07, 6.45) is 6.21. The van der Waals surface area contributed by atoms with Crippen molar-refractivity contribution in [2.75, 3.05) is 17.1 Å². The SMILES string of the molecule is CCC(C(=O)NC1CCCCC1)N(Cc1c(Cl)cccc1Cl)C(=O)CN(c1cccc(Cl)c1Cl)S(C)(=O)=O. The number of hydrogen-bond donors (Lipinski definition) is 1. The molecule has 0 aliphatic heterocycles. The number of nitrogens with zero attached hydrogens (tertiary/aromatic N) is 2.